The second-order valence-corrected chi connectivity index (χ2v) is 4.84. The van der Waals surface area contributed by atoms with Gasteiger partial charge >= 0.3 is 6.18 Å². The van der Waals surface area contributed by atoms with E-state index in [9.17, 15) is 13.2 Å². The minimum Gasteiger partial charge on any atom is -0.493 e. The summed E-state index contributed by atoms with van der Waals surface area (Å²) < 4.78 is 46.1. The van der Waals surface area contributed by atoms with E-state index >= 15 is 0 Å². The fourth-order valence-electron chi connectivity index (χ4n) is 1.93. The molecule has 1 aromatic carbocycles. The molecule has 0 spiro atoms. The van der Waals surface area contributed by atoms with Crippen molar-refractivity contribution in [2.24, 2.45) is 0 Å². The summed E-state index contributed by atoms with van der Waals surface area (Å²) in [5, 5.41) is 3.20. The molecule has 0 aromatic heterocycles. The lowest BCUT2D eigenvalue weighted by Gasteiger charge is -2.15. The Hall–Kier alpha value is -1.53. The Labute approximate surface area is 121 Å². The zero-order chi connectivity index (χ0) is 15.1. The number of ether oxygens (including phenoxy) is 2. The highest BCUT2D eigenvalue weighted by Gasteiger charge is 2.27. The molecular formula is C15H18F3NO2. The van der Waals surface area contributed by atoms with Crippen molar-refractivity contribution in [3.8, 4) is 0 Å². The van der Waals surface area contributed by atoms with E-state index in [1.54, 1.807) is 12.1 Å². The van der Waals surface area contributed by atoms with Crippen LogP contribution >= 0.6 is 0 Å². The van der Waals surface area contributed by atoms with Gasteiger partial charge in [-0.05, 0) is 17.2 Å². The lowest BCUT2D eigenvalue weighted by atomic mass is 10.1. The van der Waals surface area contributed by atoms with Gasteiger partial charge in [0.1, 0.15) is 13.2 Å². The number of hydrogen-bond donors (Lipinski definition) is 1. The van der Waals surface area contributed by atoms with Crippen LogP contribution in [0.15, 0.2) is 36.1 Å². The van der Waals surface area contributed by atoms with Crippen molar-refractivity contribution < 1.29 is 22.6 Å². The maximum absolute atomic E-state index is 11.9. The van der Waals surface area contributed by atoms with E-state index in [4.69, 9.17) is 4.74 Å². The summed E-state index contributed by atoms with van der Waals surface area (Å²) in [6, 6.07) is 7.19. The number of nitrogens with one attached hydrogen (secondary N) is 1. The van der Waals surface area contributed by atoms with Crippen LogP contribution in [0.25, 0.3) is 0 Å². The third-order valence-electron chi connectivity index (χ3n) is 3.00. The van der Waals surface area contributed by atoms with Crippen LogP contribution in [0.5, 0.6) is 0 Å². The summed E-state index contributed by atoms with van der Waals surface area (Å²) in [7, 11) is 0. The van der Waals surface area contributed by atoms with Crippen LogP contribution in [0.4, 0.5) is 13.2 Å². The van der Waals surface area contributed by atoms with E-state index in [-0.39, 0.29) is 6.61 Å². The molecule has 1 aliphatic heterocycles. The maximum atomic E-state index is 11.9. The van der Waals surface area contributed by atoms with Crippen LogP contribution in [0.3, 0.4) is 0 Å². The maximum Gasteiger partial charge on any atom is 0.411 e. The van der Waals surface area contributed by atoms with E-state index in [0.717, 1.165) is 30.8 Å². The Morgan fingerprint density at radius 3 is 2.29 bits per heavy atom. The van der Waals surface area contributed by atoms with Crippen molar-refractivity contribution in [1.82, 2.24) is 5.32 Å². The normalized spacial score (nSPS) is 15.7. The summed E-state index contributed by atoms with van der Waals surface area (Å²) in [6.45, 7) is 0.944. The van der Waals surface area contributed by atoms with Crippen molar-refractivity contribution in [1.29, 1.82) is 0 Å². The molecule has 1 aromatic rings. The minimum atomic E-state index is -4.28. The molecule has 1 N–H and O–H groups in total. The molecule has 1 heterocycles. The highest BCUT2D eigenvalue weighted by Crippen LogP contribution is 2.16. The molecule has 0 atom stereocenters. The van der Waals surface area contributed by atoms with Crippen LogP contribution in [-0.2, 0) is 22.7 Å². The van der Waals surface area contributed by atoms with E-state index in [1.165, 1.54) is 0 Å². The van der Waals surface area contributed by atoms with Gasteiger partial charge in [0.05, 0.1) is 12.4 Å². The van der Waals surface area contributed by atoms with E-state index < -0.39 is 12.8 Å². The van der Waals surface area contributed by atoms with Gasteiger partial charge < -0.3 is 14.8 Å². The topological polar surface area (TPSA) is 30.5 Å². The molecule has 0 unspecified atom stereocenters. The summed E-state index contributed by atoms with van der Waals surface area (Å²) in [5.74, 6) is 0.978. The molecule has 1 aliphatic rings. The van der Waals surface area contributed by atoms with Gasteiger partial charge in [-0.2, -0.15) is 13.2 Å². The standard InChI is InChI=1S/C15H18F3NO2/c16-15(17,18)11-20-9-12-1-3-13(4-2-12)10-21-14-5-7-19-8-6-14/h1-5,19H,6-11H2. The Bertz CT molecular complexity index is 469. The SMILES string of the molecule is FC(F)(F)COCc1ccc(COC2=CCNCC2)cc1. The smallest absolute Gasteiger partial charge is 0.411 e. The lowest BCUT2D eigenvalue weighted by molar-refractivity contribution is -0.176. The number of halogens is 3. The highest BCUT2D eigenvalue weighted by atomic mass is 19.4. The molecule has 0 radical (unpaired) electrons. The zero-order valence-corrected chi connectivity index (χ0v) is 11.6. The molecule has 116 valence electrons. The Morgan fingerprint density at radius 1 is 1.05 bits per heavy atom. The predicted octanol–water partition coefficient (Wildman–Crippen LogP) is 3.16. The predicted molar refractivity (Wildman–Crippen MR) is 72.5 cm³/mol. The van der Waals surface area contributed by atoms with Gasteiger partial charge in [0.25, 0.3) is 0 Å². The van der Waals surface area contributed by atoms with Crippen LogP contribution in [0.1, 0.15) is 17.5 Å². The van der Waals surface area contributed by atoms with E-state index in [1.807, 2.05) is 18.2 Å². The van der Waals surface area contributed by atoms with E-state index in [0.29, 0.717) is 12.2 Å². The van der Waals surface area contributed by atoms with Crippen molar-refractivity contribution >= 4 is 0 Å². The van der Waals surface area contributed by atoms with Crippen LogP contribution in [-0.4, -0.2) is 25.9 Å². The average Bonchev–Trinajstić information content (AvgIpc) is 2.46. The monoisotopic (exact) mass is 301 g/mol. The highest BCUT2D eigenvalue weighted by molar-refractivity contribution is 5.21. The van der Waals surface area contributed by atoms with Gasteiger partial charge in [-0.3, -0.25) is 0 Å². The van der Waals surface area contributed by atoms with Crippen LogP contribution < -0.4 is 5.32 Å². The van der Waals surface area contributed by atoms with Gasteiger partial charge in [0.2, 0.25) is 0 Å². The average molecular weight is 301 g/mol. The molecule has 21 heavy (non-hydrogen) atoms. The minimum absolute atomic E-state index is 0.0442. The summed E-state index contributed by atoms with van der Waals surface area (Å²) >= 11 is 0. The molecule has 0 saturated carbocycles. The Kier molecular flexibility index (Phi) is 5.64. The van der Waals surface area contributed by atoms with Crippen molar-refractivity contribution in [3.05, 3.63) is 47.2 Å². The first kappa shape index (κ1) is 15.9. The van der Waals surface area contributed by atoms with Crippen molar-refractivity contribution in [2.45, 2.75) is 25.8 Å². The second-order valence-electron chi connectivity index (χ2n) is 4.84. The molecule has 0 amide bonds. The van der Waals surface area contributed by atoms with E-state index in [2.05, 4.69) is 10.1 Å². The molecule has 3 nitrogen and oxygen atoms in total. The summed E-state index contributed by atoms with van der Waals surface area (Å²) in [6.07, 6.45) is -1.39. The molecule has 6 heteroatoms. The largest absolute Gasteiger partial charge is 0.493 e. The lowest BCUT2D eigenvalue weighted by Crippen LogP contribution is -2.21. The first-order valence-electron chi connectivity index (χ1n) is 6.78. The van der Waals surface area contributed by atoms with Gasteiger partial charge in [-0.1, -0.05) is 24.3 Å². The first-order chi connectivity index (χ1) is 10.0. The third-order valence-corrected chi connectivity index (χ3v) is 3.00. The fraction of sp³-hybridized carbons (Fsp3) is 0.467. The number of rotatable bonds is 6. The first-order valence-corrected chi connectivity index (χ1v) is 6.78. The summed E-state index contributed by atoms with van der Waals surface area (Å²) in [5.41, 5.74) is 1.69. The fourth-order valence-corrected chi connectivity index (χ4v) is 1.93. The Balaban J connectivity index is 1.75. The number of benzene rings is 1. The molecular weight excluding hydrogens is 283 g/mol. The molecule has 0 saturated heterocycles. The molecule has 0 aliphatic carbocycles. The molecule has 0 fully saturated rings. The second kappa shape index (κ2) is 7.47. The van der Waals surface area contributed by atoms with Gasteiger partial charge in [0.15, 0.2) is 0 Å². The zero-order valence-electron chi connectivity index (χ0n) is 11.6. The van der Waals surface area contributed by atoms with Crippen molar-refractivity contribution in [2.75, 3.05) is 19.7 Å². The number of hydrogen-bond acceptors (Lipinski definition) is 3. The molecule has 0 bridgehead atoms. The van der Waals surface area contributed by atoms with Crippen LogP contribution in [0, 0.1) is 0 Å². The van der Waals surface area contributed by atoms with Crippen LogP contribution in [0.2, 0.25) is 0 Å². The van der Waals surface area contributed by atoms with Gasteiger partial charge in [-0.15, -0.1) is 0 Å². The van der Waals surface area contributed by atoms with Crippen molar-refractivity contribution in [3.63, 3.8) is 0 Å². The summed E-state index contributed by atoms with van der Waals surface area (Å²) in [4.78, 5) is 0. The van der Waals surface area contributed by atoms with Gasteiger partial charge in [0, 0.05) is 19.5 Å². The quantitative estimate of drug-likeness (QED) is 0.875. The number of alkyl halides is 3. The van der Waals surface area contributed by atoms with Gasteiger partial charge in [-0.25, -0.2) is 0 Å². The molecule has 2 rings (SSSR count). The third kappa shape index (κ3) is 6.18. The Morgan fingerprint density at radius 2 is 1.71 bits per heavy atom.